The highest BCUT2D eigenvalue weighted by Crippen LogP contribution is 2.30. The highest BCUT2D eigenvalue weighted by Gasteiger charge is 2.39. The summed E-state index contributed by atoms with van der Waals surface area (Å²) in [5.41, 5.74) is 0.0593. The Morgan fingerprint density at radius 1 is 1.26 bits per heavy atom. The van der Waals surface area contributed by atoms with Crippen molar-refractivity contribution < 1.29 is 13.9 Å². The number of halogens is 1. The van der Waals surface area contributed by atoms with Crippen LogP contribution in [-0.2, 0) is 4.74 Å². The third-order valence-corrected chi connectivity index (χ3v) is 5.74. The molecule has 6 heteroatoms. The summed E-state index contributed by atoms with van der Waals surface area (Å²) in [4.78, 5) is 14.8. The number of nitrogens with zero attached hydrogens (tertiary/aromatic N) is 1. The molecule has 2 saturated heterocycles. The first kappa shape index (κ1) is 16.7. The van der Waals surface area contributed by atoms with Crippen LogP contribution in [0.2, 0.25) is 0 Å². The molecule has 0 spiro atoms. The van der Waals surface area contributed by atoms with Gasteiger partial charge in [-0.2, -0.15) is 11.8 Å². The zero-order valence-corrected chi connectivity index (χ0v) is 14.0. The number of hydrogen-bond acceptors (Lipinski definition) is 4. The molecule has 0 bridgehead atoms. The van der Waals surface area contributed by atoms with E-state index in [-0.39, 0.29) is 17.0 Å². The first-order valence-electron chi connectivity index (χ1n) is 8.15. The minimum Gasteiger partial charge on any atom is -0.381 e. The molecule has 3 rings (SSSR count). The molecule has 1 amide bonds. The summed E-state index contributed by atoms with van der Waals surface area (Å²) in [5.74, 6) is 1.45. The van der Waals surface area contributed by atoms with Crippen LogP contribution in [-0.4, -0.2) is 60.7 Å². The summed E-state index contributed by atoms with van der Waals surface area (Å²) in [5, 5.41) is 2.96. The standard InChI is InChI=1S/C17H23FN2O2S/c18-15-4-2-1-3-14(15)16(21)19-13-17(5-9-22-10-6-17)20-7-11-23-12-8-20/h1-4H,5-13H2,(H,19,21). The van der Waals surface area contributed by atoms with Crippen LogP contribution >= 0.6 is 11.8 Å². The largest absolute Gasteiger partial charge is 0.381 e. The summed E-state index contributed by atoms with van der Waals surface area (Å²) in [6, 6.07) is 6.13. The molecular weight excluding hydrogens is 315 g/mol. The summed E-state index contributed by atoms with van der Waals surface area (Å²) < 4.78 is 19.3. The number of thioether (sulfide) groups is 1. The minimum absolute atomic E-state index is 0.0554. The Labute approximate surface area is 140 Å². The van der Waals surface area contributed by atoms with Gasteiger partial charge < -0.3 is 10.1 Å². The molecule has 1 aromatic rings. The Morgan fingerprint density at radius 2 is 1.96 bits per heavy atom. The number of amides is 1. The van der Waals surface area contributed by atoms with Gasteiger partial charge in [0.2, 0.25) is 0 Å². The molecule has 2 aliphatic rings. The van der Waals surface area contributed by atoms with Crippen molar-refractivity contribution in [2.75, 3.05) is 44.4 Å². The molecule has 23 heavy (non-hydrogen) atoms. The average Bonchev–Trinajstić information content (AvgIpc) is 2.62. The van der Waals surface area contributed by atoms with Gasteiger partial charge in [0.15, 0.2) is 0 Å². The number of carbonyl (C=O) groups excluding carboxylic acids is 1. The van der Waals surface area contributed by atoms with Crippen LogP contribution < -0.4 is 5.32 Å². The predicted octanol–water partition coefficient (Wildman–Crippen LogP) is 2.15. The average molecular weight is 338 g/mol. The van der Waals surface area contributed by atoms with Crippen molar-refractivity contribution >= 4 is 17.7 Å². The Morgan fingerprint density at radius 3 is 2.65 bits per heavy atom. The number of rotatable bonds is 4. The number of benzene rings is 1. The fourth-order valence-electron chi connectivity index (χ4n) is 3.38. The maximum Gasteiger partial charge on any atom is 0.254 e. The topological polar surface area (TPSA) is 41.6 Å². The van der Waals surface area contributed by atoms with Crippen LogP contribution in [0.1, 0.15) is 23.2 Å². The smallest absolute Gasteiger partial charge is 0.254 e. The maximum atomic E-state index is 13.8. The molecule has 0 aliphatic carbocycles. The van der Waals surface area contributed by atoms with Crippen molar-refractivity contribution in [1.29, 1.82) is 0 Å². The van der Waals surface area contributed by atoms with Crippen LogP contribution in [0.4, 0.5) is 4.39 Å². The Hall–Kier alpha value is -1.11. The van der Waals surface area contributed by atoms with Crippen molar-refractivity contribution in [2.24, 2.45) is 0 Å². The Bertz CT molecular complexity index is 543. The molecule has 0 saturated carbocycles. The first-order valence-corrected chi connectivity index (χ1v) is 9.30. The molecule has 1 aromatic carbocycles. The van der Waals surface area contributed by atoms with E-state index in [2.05, 4.69) is 10.2 Å². The van der Waals surface area contributed by atoms with E-state index >= 15 is 0 Å². The lowest BCUT2D eigenvalue weighted by molar-refractivity contribution is -0.0237. The number of nitrogens with one attached hydrogen (secondary N) is 1. The first-order chi connectivity index (χ1) is 11.2. The van der Waals surface area contributed by atoms with E-state index < -0.39 is 5.82 Å². The molecule has 0 radical (unpaired) electrons. The maximum absolute atomic E-state index is 13.8. The van der Waals surface area contributed by atoms with Gasteiger partial charge in [0, 0.05) is 49.9 Å². The molecule has 4 nitrogen and oxygen atoms in total. The molecule has 0 aromatic heterocycles. The lowest BCUT2D eigenvalue weighted by atomic mass is 9.87. The van der Waals surface area contributed by atoms with Gasteiger partial charge in [0.25, 0.3) is 5.91 Å². The van der Waals surface area contributed by atoms with E-state index in [1.165, 1.54) is 12.1 Å². The molecule has 0 atom stereocenters. The van der Waals surface area contributed by atoms with E-state index in [9.17, 15) is 9.18 Å². The van der Waals surface area contributed by atoms with E-state index in [4.69, 9.17) is 4.74 Å². The summed E-state index contributed by atoms with van der Waals surface area (Å²) >= 11 is 1.97. The van der Waals surface area contributed by atoms with Gasteiger partial charge in [-0.1, -0.05) is 12.1 Å². The van der Waals surface area contributed by atoms with Crippen LogP contribution in [0.15, 0.2) is 24.3 Å². The van der Waals surface area contributed by atoms with Crippen LogP contribution in [0.25, 0.3) is 0 Å². The molecule has 2 fully saturated rings. The molecule has 126 valence electrons. The third kappa shape index (κ3) is 3.87. The highest BCUT2D eigenvalue weighted by atomic mass is 32.2. The summed E-state index contributed by atoms with van der Waals surface area (Å²) in [7, 11) is 0. The predicted molar refractivity (Wildman–Crippen MR) is 90.4 cm³/mol. The lowest BCUT2D eigenvalue weighted by Gasteiger charge is -2.48. The number of carbonyl (C=O) groups is 1. The third-order valence-electron chi connectivity index (χ3n) is 4.80. The van der Waals surface area contributed by atoms with Crippen molar-refractivity contribution in [3.05, 3.63) is 35.6 Å². The highest BCUT2D eigenvalue weighted by molar-refractivity contribution is 7.99. The Balaban J connectivity index is 1.69. The lowest BCUT2D eigenvalue weighted by Crippen LogP contribution is -2.60. The monoisotopic (exact) mass is 338 g/mol. The second kappa shape index (κ2) is 7.64. The molecule has 0 unspecified atom stereocenters. The van der Waals surface area contributed by atoms with Gasteiger partial charge >= 0.3 is 0 Å². The SMILES string of the molecule is O=C(NCC1(N2CCSCC2)CCOCC1)c1ccccc1F. The fourth-order valence-corrected chi connectivity index (χ4v) is 4.28. The van der Waals surface area contributed by atoms with Crippen molar-refractivity contribution in [2.45, 2.75) is 18.4 Å². The quantitative estimate of drug-likeness (QED) is 0.913. The van der Waals surface area contributed by atoms with Gasteiger partial charge in [0.1, 0.15) is 5.82 Å². The second-order valence-corrected chi connectivity index (χ2v) is 7.32. The second-order valence-electron chi connectivity index (χ2n) is 6.10. The zero-order chi connectivity index (χ0) is 16.1. The van der Waals surface area contributed by atoms with E-state index in [0.29, 0.717) is 6.54 Å². The van der Waals surface area contributed by atoms with Crippen molar-refractivity contribution in [1.82, 2.24) is 10.2 Å². The van der Waals surface area contributed by atoms with Gasteiger partial charge in [-0.25, -0.2) is 4.39 Å². The van der Waals surface area contributed by atoms with Gasteiger partial charge in [-0.15, -0.1) is 0 Å². The van der Waals surface area contributed by atoms with Crippen LogP contribution in [0, 0.1) is 5.82 Å². The summed E-state index contributed by atoms with van der Waals surface area (Å²) in [6.45, 7) is 4.08. The van der Waals surface area contributed by atoms with Crippen LogP contribution in [0.5, 0.6) is 0 Å². The van der Waals surface area contributed by atoms with Crippen molar-refractivity contribution in [3.63, 3.8) is 0 Å². The van der Waals surface area contributed by atoms with E-state index in [0.717, 1.165) is 50.7 Å². The van der Waals surface area contributed by atoms with Crippen LogP contribution in [0.3, 0.4) is 0 Å². The minimum atomic E-state index is -0.472. The van der Waals surface area contributed by atoms with E-state index in [1.807, 2.05) is 11.8 Å². The normalized spacial score (nSPS) is 21.8. The Kier molecular flexibility index (Phi) is 5.56. The number of hydrogen-bond donors (Lipinski definition) is 1. The molecular formula is C17H23FN2O2S. The zero-order valence-electron chi connectivity index (χ0n) is 13.2. The molecule has 1 N–H and O–H groups in total. The fraction of sp³-hybridized carbons (Fsp3) is 0.588. The van der Waals surface area contributed by atoms with Crippen molar-refractivity contribution in [3.8, 4) is 0 Å². The number of ether oxygens (including phenoxy) is 1. The van der Waals surface area contributed by atoms with Gasteiger partial charge in [0.05, 0.1) is 5.56 Å². The molecule has 2 aliphatic heterocycles. The molecule has 2 heterocycles. The van der Waals surface area contributed by atoms with Gasteiger partial charge in [-0.3, -0.25) is 9.69 Å². The van der Waals surface area contributed by atoms with E-state index in [1.54, 1.807) is 12.1 Å². The van der Waals surface area contributed by atoms with Gasteiger partial charge in [-0.05, 0) is 25.0 Å². The summed E-state index contributed by atoms with van der Waals surface area (Å²) in [6.07, 6.45) is 1.82.